The molecule has 3 heterocycles. The van der Waals surface area contributed by atoms with E-state index in [0.717, 1.165) is 44.3 Å². The van der Waals surface area contributed by atoms with Crippen molar-refractivity contribution < 1.29 is 9.47 Å². The van der Waals surface area contributed by atoms with Crippen LogP contribution in [-0.2, 0) is 23.1 Å². The first-order valence-electron chi connectivity index (χ1n) is 8.35. The Bertz CT molecular complexity index is 558. The lowest BCUT2D eigenvalue weighted by Gasteiger charge is -2.47. The molecular weight excluding hydrogens is 280 g/mol. The van der Waals surface area contributed by atoms with Crippen LogP contribution < -0.4 is 0 Å². The minimum Gasteiger partial charge on any atom is -0.378 e. The van der Waals surface area contributed by atoms with Crippen molar-refractivity contribution in [2.45, 2.75) is 56.8 Å². The van der Waals surface area contributed by atoms with Gasteiger partial charge in [0.1, 0.15) is 17.2 Å². The summed E-state index contributed by atoms with van der Waals surface area (Å²) in [6.07, 6.45) is 3.51. The number of hydrogen-bond acceptors (Lipinski definition) is 5. The first kappa shape index (κ1) is 14.6. The quantitative estimate of drug-likeness (QED) is 0.846. The molecule has 1 atom stereocenters. The van der Waals surface area contributed by atoms with Crippen LogP contribution in [-0.4, -0.2) is 57.2 Å². The second-order valence-electron chi connectivity index (χ2n) is 7.80. The molecule has 22 heavy (non-hydrogen) atoms. The highest BCUT2D eigenvalue weighted by molar-refractivity contribution is 5.08. The topological polar surface area (TPSA) is 52.4 Å². The lowest BCUT2D eigenvalue weighted by molar-refractivity contribution is -0.197. The molecule has 3 aliphatic rings. The van der Waals surface area contributed by atoms with Crippen molar-refractivity contribution in [2.75, 3.05) is 26.3 Å². The Hall–Kier alpha value is -0.980. The zero-order valence-electron chi connectivity index (χ0n) is 13.8. The maximum absolute atomic E-state index is 6.36. The van der Waals surface area contributed by atoms with Crippen LogP contribution in [0.2, 0.25) is 0 Å². The van der Waals surface area contributed by atoms with Crippen LogP contribution in [0.15, 0.2) is 0 Å². The molecule has 1 aliphatic carbocycles. The molecular formula is C16H26N4O2. The molecule has 0 radical (unpaired) electrons. The summed E-state index contributed by atoms with van der Waals surface area (Å²) in [6.45, 7) is 8.53. The minimum absolute atomic E-state index is 0.139. The third-order valence-corrected chi connectivity index (χ3v) is 4.98. The molecule has 6 heteroatoms. The van der Waals surface area contributed by atoms with Gasteiger partial charge in [-0.2, -0.15) is 0 Å². The van der Waals surface area contributed by atoms with Crippen molar-refractivity contribution in [2.24, 2.45) is 7.05 Å². The van der Waals surface area contributed by atoms with Gasteiger partial charge in [-0.15, -0.1) is 10.2 Å². The van der Waals surface area contributed by atoms with Gasteiger partial charge in [0.05, 0.1) is 18.8 Å². The van der Waals surface area contributed by atoms with Gasteiger partial charge in [-0.3, -0.25) is 4.90 Å². The van der Waals surface area contributed by atoms with Crippen LogP contribution in [0.4, 0.5) is 0 Å². The van der Waals surface area contributed by atoms with E-state index in [9.17, 15) is 0 Å². The Morgan fingerprint density at radius 2 is 2.05 bits per heavy atom. The van der Waals surface area contributed by atoms with Crippen LogP contribution in [0, 0.1) is 0 Å². The van der Waals surface area contributed by atoms with Gasteiger partial charge in [-0.25, -0.2) is 0 Å². The Labute approximate surface area is 131 Å². The van der Waals surface area contributed by atoms with E-state index in [1.807, 2.05) is 0 Å². The monoisotopic (exact) mass is 306 g/mol. The second kappa shape index (κ2) is 5.01. The van der Waals surface area contributed by atoms with Gasteiger partial charge in [-0.1, -0.05) is 0 Å². The number of nitrogens with zero attached hydrogens (tertiary/aromatic N) is 4. The highest BCUT2D eigenvalue weighted by Gasteiger charge is 2.47. The van der Waals surface area contributed by atoms with Crippen LogP contribution in [0.1, 0.15) is 50.7 Å². The molecule has 6 nitrogen and oxygen atoms in total. The molecule has 0 aromatic carbocycles. The highest BCUT2D eigenvalue weighted by Crippen LogP contribution is 2.39. The number of hydrogen-bond donors (Lipinski definition) is 0. The summed E-state index contributed by atoms with van der Waals surface area (Å²) < 4.78 is 14.2. The summed E-state index contributed by atoms with van der Waals surface area (Å²) >= 11 is 0. The number of morpholine rings is 1. The molecule has 0 bridgehead atoms. The predicted molar refractivity (Wildman–Crippen MR) is 81.6 cm³/mol. The largest absolute Gasteiger partial charge is 0.378 e. The summed E-state index contributed by atoms with van der Waals surface area (Å²) in [6, 6.07) is 0. The van der Waals surface area contributed by atoms with Crippen LogP contribution >= 0.6 is 0 Å². The molecule has 1 aromatic rings. The molecule has 0 N–H and O–H groups in total. The fraction of sp³-hybridized carbons (Fsp3) is 0.875. The van der Waals surface area contributed by atoms with Gasteiger partial charge >= 0.3 is 0 Å². The van der Waals surface area contributed by atoms with E-state index in [0.29, 0.717) is 12.5 Å². The second-order valence-corrected chi connectivity index (χ2v) is 7.80. The number of ether oxygens (including phenoxy) is 2. The van der Waals surface area contributed by atoms with Gasteiger partial charge in [0.15, 0.2) is 0 Å². The summed E-state index contributed by atoms with van der Waals surface area (Å²) in [5, 5.41) is 8.83. The van der Waals surface area contributed by atoms with Crippen LogP contribution in [0.25, 0.3) is 0 Å². The molecule has 2 saturated heterocycles. The fourth-order valence-electron chi connectivity index (χ4n) is 3.97. The van der Waals surface area contributed by atoms with E-state index in [4.69, 9.17) is 9.47 Å². The van der Waals surface area contributed by atoms with E-state index >= 15 is 0 Å². The van der Waals surface area contributed by atoms with Gasteiger partial charge in [0, 0.05) is 39.1 Å². The third kappa shape index (κ3) is 2.68. The number of rotatable bonds is 3. The molecule has 1 unspecified atom stereocenters. The van der Waals surface area contributed by atoms with Gasteiger partial charge in [-0.05, 0) is 26.7 Å². The summed E-state index contributed by atoms with van der Waals surface area (Å²) in [7, 11) is 2.10. The highest BCUT2D eigenvalue weighted by atomic mass is 16.6. The zero-order valence-corrected chi connectivity index (χ0v) is 13.8. The van der Waals surface area contributed by atoms with Crippen molar-refractivity contribution in [3.63, 3.8) is 0 Å². The van der Waals surface area contributed by atoms with Crippen LogP contribution in [0.3, 0.4) is 0 Å². The molecule has 3 fully saturated rings. The van der Waals surface area contributed by atoms with Crippen molar-refractivity contribution >= 4 is 0 Å². The average Bonchev–Trinajstić information content (AvgIpc) is 3.08. The molecule has 122 valence electrons. The third-order valence-electron chi connectivity index (χ3n) is 4.98. The van der Waals surface area contributed by atoms with Crippen molar-refractivity contribution in [1.29, 1.82) is 0 Å². The van der Waals surface area contributed by atoms with Gasteiger partial charge in [0.2, 0.25) is 0 Å². The fourth-order valence-corrected chi connectivity index (χ4v) is 3.97. The maximum atomic E-state index is 6.36. The van der Waals surface area contributed by atoms with E-state index in [-0.39, 0.29) is 11.2 Å². The minimum atomic E-state index is -0.149. The molecule has 2 aliphatic heterocycles. The smallest absolute Gasteiger partial charge is 0.146 e. The normalized spacial score (nSPS) is 32.0. The Kier molecular flexibility index (Phi) is 3.33. The first-order valence-corrected chi connectivity index (χ1v) is 8.35. The van der Waals surface area contributed by atoms with Crippen LogP contribution in [0.5, 0.6) is 0 Å². The Morgan fingerprint density at radius 1 is 1.23 bits per heavy atom. The standard InChI is InChI=1S/C16H26N4O2/c1-15(2)9-20(10-16(22-15)6-7-21-11-16)8-13-17-18-14(19(13)3)12-4-5-12/h12H,4-11H2,1-3H3. The Balaban J connectivity index is 1.51. The molecule has 1 spiro atoms. The first-order chi connectivity index (χ1) is 10.5. The molecule has 0 amide bonds. The summed E-state index contributed by atoms with van der Waals surface area (Å²) in [4.78, 5) is 2.46. The van der Waals surface area contributed by atoms with Gasteiger partial charge < -0.3 is 14.0 Å². The number of aromatic nitrogens is 3. The van der Waals surface area contributed by atoms with Crippen molar-refractivity contribution in [1.82, 2.24) is 19.7 Å². The van der Waals surface area contributed by atoms with E-state index in [2.05, 4.69) is 40.6 Å². The van der Waals surface area contributed by atoms with Crippen molar-refractivity contribution in [3.8, 4) is 0 Å². The SMILES string of the molecule is Cn1c(CN2CC(C)(C)OC3(CCOC3)C2)nnc1C1CC1. The zero-order chi connectivity index (χ0) is 15.4. The lowest BCUT2D eigenvalue weighted by atomic mass is 9.95. The summed E-state index contributed by atoms with van der Waals surface area (Å²) in [5.74, 6) is 2.86. The average molecular weight is 306 g/mol. The summed E-state index contributed by atoms with van der Waals surface area (Å²) in [5.41, 5.74) is -0.288. The predicted octanol–water partition coefficient (Wildman–Crippen LogP) is 1.46. The lowest BCUT2D eigenvalue weighted by Crippen LogP contribution is -2.59. The molecule has 4 rings (SSSR count). The van der Waals surface area contributed by atoms with E-state index in [1.54, 1.807) is 0 Å². The Morgan fingerprint density at radius 3 is 2.73 bits per heavy atom. The van der Waals surface area contributed by atoms with E-state index < -0.39 is 0 Å². The van der Waals surface area contributed by atoms with E-state index in [1.165, 1.54) is 12.8 Å². The molecule has 1 saturated carbocycles. The molecule has 1 aromatic heterocycles. The van der Waals surface area contributed by atoms with Crippen molar-refractivity contribution in [3.05, 3.63) is 11.6 Å². The van der Waals surface area contributed by atoms with Gasteiger partial charge in [0.25, 0.3) is 0 Å². The maximum Gasteiger partial charge on any atom is 0.146 e.